The zero-order valence-electron chi connectivity index (χ0n) is 9.85. The lowest BCUT2D eigenvalue weighted by atomic mass is 9.94. The third-order valence-corrected chi connectivity index (χ3v) is 3.73. The predicted molar refractivity (Wildman–Crippen MR) is 65.7 cm³/mol. The number of nitrogens with one attached hydrogen (secondary N) is 1. The van der Waals surface area contributed by atoms with Crippen LogP contribution in [-0.4, -0.2) is 30.2 Å². The van der Waals surface area contributed by atoms with Gasteiger partial charge in [0.25, 0.3) is 0 Å². The smallest absolute Gasteiger partial charge is 0.322 e. The molecule has 2 fully saturated rings. The van der Waals surface area contributed by atoms with Gasteiger partial charge in [-0.25, -0.2) is 4.79 Å². The van der Waals surface area contributed by atoms with E-state index in [-0.39, 0.29) is 6.03 Å². The van der Waals surface area contributed by atoms with Gasteiger partial charge in [-0.15, -0.1) is 0 Å². The number of urea groups is 1. The Bertz CT molecular complexity index is 523. The minimum Gasteiger partial charge on any atom is -0.481 e. The number of carbonyl (C=O) groups is 2. The molecule has 0 radical (unpaired) electrons. The van der Waals surface area contributed by atoms with Crippen LogP contribution in [0, 0.1) is 0 Å². The Morgan fingerprint density at radius 1 is 1.33 bits per heavy atom. The van der Waals surface area contributed by atoms with Gasteiger partial charge in [-0.2, -0.15) is 0 Å². The fourth-order valence-electron chi connectivity index (χ4n) is 2.54. The summed E-state index contributed by atoms with van der Waals surface area (Å²) in [6.45, 7) is 1.19. The van der Waals surface area contributed by atoms with Crippen LogP contribution < -0.4 is 10.2 Å². The van der Waals surface area contributed by atoms with Crippen molar-refractivity contribution >= 4 is 17.7 Å². The van der Waals surface area contributed by atoms with Gasteiger partial charge >= 0.3 is 12.0 Å². The summed E-state index contributed by atoms with van der Waals surface area (Å²) in [6.07, 6.45) is 1.30. The summed E-state index contributed by atoms with van der Waals surface area (Å²) in [5, 5.41) is 12.1. The first kappa shape index (κ1) is 11.1. The average Bonchev–Trinajstić information content (AvgIpc) is 3.07. The monoisotopic (exact) mass is 246 g/mol. The van der Waals surface area contributed by atoms with E-state index in [9.17, 15) is 14.7 Å². The highest BCUT2D eigenvalue weighted by Gasteiger charge is 2.53. The molecule has 5 heteroatoms. The maximum Gasteiger partial charge on any atom is 0.322 e. The lowest BCUT2D eigenvalue weighted by Crippen LogP contribution is -2.31. The third kappa shape index (κ3) is 1.47. The molecule has 18 heavy (non-hydrogen) atoms. The number of rotatable bonds is 3. The van der Waals surface area contributed by atoms with Crippen LogP contribution in [-0.2, 0) is 10.2 Å². The predicted octanol–water partition coefficient (Wildman–Crippen LogP) is 1.33. The van der Waals surface area contributed by atoms with Gasteiger partial charge in [-0.05, 0) is 24.5 Å². The Morgan fingerprint density at radius 2 is 2.06 bits per heavy atom. The van der Waals surface area contributed by atoms with Crippen molar-refractivity contribution in [1.82, 2.24) is 5.32 Å². The van der Waals surface area contributed by atoms with E-state index in [1.165, 1.54) is 0 Å². The maximum absolute atomic E-state index is 11.7. The van der Waals surface area contributed by atoms with Crippen molar-refractivity contribution in [2.75, 3.05) is 18.0 Å². The quantitative estimate of drug-likeness (QED) is 0.845. The van der Waals surface area contributed by atoms with Crippen molar-refractivity contribution in [3.05, 3.63) is 29.8 Å². The Labute approximate surface area is 104 Å². The first-order chi connectivity index (χ1) is 8.65. The molecule has 0 unspecified atom stereocenters. The summed E-state index contributed by atoms with van der Waals surface area (Å²) in [5.41, 5.74) is 0.710. The summed E-state index contributed by atoms with van der Waals surface area (Å²) in [7, 11) is 0. The van der Waals surface area contributed by atoms with E-state index in [1.54, 1.807) is 4.90 Å². The van der Waals surface area contributed by atoms with Crippen molar-refractivity contribution in [2.24, 2.45) is 0 Å². The molecule has 2 N–H and O–H groups in total. The molecule has 0 spiro atoms. The summed E-state index contributed by atoms with van der Waals surface area (Å²) in [4.78, 5) is 24.7. The molecule has 0 atom stereocenters. The normalized spacial score (nSPS) is 20.7. The molecule has 1 heterocycles. The molecule has 94 valence electrons. The van der Waals surface area contributed by atoms with Gasteiger partial charge in [-0.1, -0.05) is 18.2 Å². The number of nitrogens with zero attached hydrogens (tertiary/aromatic N) is 1. The lowest BCUT2D eigenvalue weighted by Gasteiger charge is -2.21. The second-order valence-corrected chi connectivity index (χ2v) is 4.79. The van der Waals surface area contributed by atoms with E-state index in [4.69, 9.17) is 0 Å². The van der Waals surface area contributed by atoms with E-state index in [0.717, 1.165) is 11.3 Å². The molecule has 1 aromatic carbocycles. The summed E-state index contributed by atoms with van der Waals surface area (Å²) < 4.78 is 0. The molecule has 0 aromatic heterocycles. The maximum atomic E-state index is 11.7. The Balaban J connectivity index is 2.06. The van der Waals surface area contributed by atoms with E-state index in [1.807, 2.05) is 24.3 Å². The number of hydrogen-bond donors (Lipinski definition) is 2. The lowest BCUT2D eigenvalue weighted by molar-refractivity contribution is -0.140. The third-order valence-electron chi connectivity index (χ3n) is 3.73. The van der Waals surface area contributed by atoms with Gasteiger partial charge in [0.15, 0.2) is 0 Å². The first-order valence-corrected chi connectivity index (χ1v) is 6.03. The molecule has 2 aliphatic rings. The van der Waals surface area contributed by atoms with Crippen LogP contribution in [0.1, 0.15) is 18.4 Å². The number of benzene rings is 1. The van der Waals surface area contributed by atoms with Crippen LogP contribution in [0.4, 0.5) is 10.5 Å². The van der Waals surface area contributed by atoms with E-state index in [0.29, 0.717) is 25.9 Å². The Kier molecular flexibility index (Phi) is 2.29. The number of aliphatic carboxylic acids is 1. The first-order valence-electron chi connectivity index (χ1n) is 6.03. The number of amides is 2. The van der Waals surface area contributed by atoms with Crippen molar-refractivity contribution in [2.45, 2.75) is 18.3 Å². The second kappa shape index (κ2) is 3.73. The molecular formula is C13H14N2O3. The Hall–Kier alpha value is -2.04. The molecule has 0 bridgehead atoms. The molecule has 5 nitrogen and oxygen atoms in total. The van der Waals surface area contributed by atoms with Gasteiger partial charge in [-0.3, -0.25) is 9.69 Å². The van der Waals surface area contributed by atoms with Crippen LogP contribution >= 0.6 is 0 Å². The summed E-state index contributed by atoms with van der Waals surface area (Å²) in [6, 6.07) is 7.16. The highest BCUT2D eigenvalue weighted by Crippen LogP contribution is 2.51. The highest BCUT2D eigenvalue weighted by molar-refractivity contribution is 5.97. The summed E-state index contributed by atoms with van der Waals surface area (Å²) >= 11 is 0. The number of para-hydroxylation sites is 1. The van der Waals surface area contributed by atoms with Gasteiger partial charge in [0, 0.05) is 18.8 Å². The zero-order valence-corrected chi connectivity index (χ0v) is 9.85. The molecule has 1 saturated carbocycles. The van der Waals surface area contributed by atoms with Crippen molar-refractivity contribution in [3.63, 3.8) is 0 Å². The molecular weight excluding hydrogens is 232 g/mol. The molecule has 3 rings (SSSR count). The number of carboxylic acid groups (broad SMARTS) is 1. The molecule has 1 saturated heterocycles. The number of carbonyl (C=O) groups excluding carboxylic acids is 1. The fraction of sp³-hybridized carbons (Fsp3) is 0.385. The van der Waals surface area contributed by atoms with Crippen LogP contribution in [0.5, 0.6) is 0 Å². The average molecular weight is 246 g/mol. The molecule has 1 aliphatic heterocycles. The minimum absolute atomic E-state index is 0.149. The van der Waals surface area contributed by atoms with E-state index in [2.05, 4.69) is 5.32 Å². The van der Waals surface area contributed by atoms with Gasteiger partial charge in [0.1, 0.15) is 0 Å². The topological polar surface area (TPSA) is 69.6 Å². The van der Waals surface area contributed by atoms with E-state index < -0.39 is 11.4 Å². The Morgan fingerprint density at radius 3 is 2.61 bits per heavy atom. The standard InChI is InChI=1S/C13H14N2O3/c16-11(17)13(5-6-13)9-3-1-2-4-10(9)15-8-7-14-12(15)18/h1-4H,5-8H2,(H,14,18)(H,16,17). The van der Waals surface area contributed by atoms with Crippen LogP contribution in [0.2, 0.25) is 0 Å². The SMILES string of the molecule is O=C1NCCN1c1ccccc1C1(C(=O)O)CC1. The van der Waals surface area contributed by atoms with Gasteiger partial charge < -0.3 is 10.4 Å². The second-order valence-electron chi connectivity index (χ2n) is 4.79. The van der Waals surface area contributed by atoms with Crippen LogP contribution in [0.15, 0.2) is 24.3 Å². The van der Waals surface area contributed by atoms with Crippen LogP contribution in [0.3, 0.4) is 0 Å². The molecule has 2 amide bonds. The van der Waals surface area contributed by atoms with Gasteiger partial charge in [0.05, 0.1) is 5.41 Å². The minimum atomic E-state index is -0.797. The summed E-state index contributed by atoms with van der Waals surface area (Å²) in [5.74, 6) is -0.797. The van der Waals surface area contributed by atoms with Crippen LogP contribution in [0.25, 0.3) is 0 Å². The van der Waals surface area contributed by atoms with Crippen molar-refractivity contribution < 1.29 is 14.7 Å². The number of hydrogen-bond acceptors (Lipinski definition) is 2. The van der Waals surface area contributed by atoms with Gasteiger partial charge in [0.2, 0.25) is 0 Å². The van der Waals surface area contributed by atoms with E-state index >= 15 is 0 Å². The highest BCUT2D eigenvalue weighted by atomic mass is 16.4. The zero-order chi connectivity index (χ0) is 12.8. The van der Waals surface area contributed by atoms with Crippen molar-refractivity contribution in [1.29, 1.82) is 0 Å². The number of anilines is 1. The molecule has 1 aromatic rings. The molecule has 1 aliphatic carbocycles. The number of carboxylic acids is 1. The largest absolute Gasteiger partial charge is 0.481 e. The van der Waals surface area contributed by atoms with Crippen molar-refractivity contribution in [3.8, 4) is 0 Å². The fourth-order valence-corrected chi connectivity index (χ4v) is 2.54.